The lowest BCUT2D eigenvalue weighted by Crippen LogP contribution is -2.31. The summed E-state index contributed by atoms with van der Waals surface area (Å²) in [5.74, 6) is -1.23. The molecule has 0 aliphatic rings. The Morgan fingerprint density at radius 3 is 2.65 bits per heavy atom. The van der Waals surface area contributed by atoms with Crippen molar-refractivity contribution in [2.75, 3.05) is 5.32 Å². The largest absolute Gasteiger partial charge is 0.478 e. The number of nitrogens with one attached hydrogen (secondary N) is 1. The van der Waals surface area contributed by atoms with Crippen LogP contribution in [0.1, 0.15) is 35.0 Å². The second-order valence-electron chi connectivity index (χ2n) is 5.31. The Labute approximate surface area is 155 Å². The van der Waals surface area contributed by atoms with E-state index in [1.54, 1.807) is 0 Å². The molecule has 0 bridgehead atoms. The minimum absolute atomic E-state index is 0.0247. The first-order chi connectivity index (χ1) is 12.4. The number of carboxylic acids is 1. The molecule has 0 spiro atoms. The maximum atomic E-state index is 12.8. The molecule has 0 saturated carbocycles. The molecular weight excluding hydrogens is 378 g/mol. The van der Waals surface area contributed by atoms with E-state index in [4.69, 9.17) is 0 Å². The molecule has 0 unspecified atom stereocenters. The second kappa shape index (κ2) is 7.30. The van der Waals surface area contributed by atoms with Gasteiger partial charge in [0.05, 0.1) is 10.9 Å². The predicted molar refractivity (Wildman–Crippen MR) is 98.1 cm³/mol. The fourth-order valence-corrected chi connectivity index (χ4v) is 4.02. The molecule has 9 nitrogen and oxygen atoms in total. The average molecular weight is 393 g/mol. The van der Waals surface area contributed by atoms with Gasteiger partial charge in [0.2, 0.25) is 11.0 Å². The zero-order valence-electron chi connectivity index (χ0n) is 14.0. The quantitative estimate of drug-likeness (QED) is 0.653. The number of fused-ring (bicyclic) bond motifs is 1. The van der Waals surface area contributed by atoms with E-state index in [2.05, 4.69) is 20.5 Å². The highest BCUT2D eigenvalue weighted by molar-refractivity contribution is 7.17. The van der Waals surface area contributed by atoms with Crippen molar-refractivity contribution in [3.05, 3.63) is 32.1 Å². The molecule has 26 heavy (non-hydrogen) atoms. The molecular formula is C15H15N5O4S2. The van der Waals surface area contributed by atoms with E-state index in [-0.39, 0.29) is 17.5 Å². The second-order valence-corrected chi connectivity index (χ2v) is 7.23. The summed E-state index contributed by atoms with van der Waals surface area (Å²) in [6.45, 7) is 3.47. The lowest BCUT2D eigenvalue weighted by Gasteiger charge is -2.10. The van der Waals surface area contributed by atoms with Gasteiger partial charge in [0, 0.05) is 11.8 Å². The summed E-state index contributed by atoms with van der Waals surface area (Å²) in [4.78, 5) is 41.1. The normalized spacial score (nSPS) is 11.0. The van der Waals surface area contributed by atoms with E-state index >= 15 is 0 Å². The van der Waals surface area contributed by atoms with Gasteiger partial charge in [-0.1, -0.05) is 25.2 Å². The van der Waals surface area contributed by atoms with E-state index in [1.165, 1.54) is 21.3 Å². The van der Waals surface area contributed by atoms with Crippen LogP contribution in [-0.4, -0.2) is 36.7 Å². The molecule has 3 heterocycles. The summed E-state index contributed by atoms with van der Waals surface area (Å²) < 4.78 is 1.21. The van der Waals surface area contributed by atoms with E-state index in [9.17, 15) is 19.5 Å². The number of hydrogen-bond acceptors (Lipinski definition) is 8. The Morgan fingerprint density at radius 1 is 1.27 bits per heavy atom. The van der Waals surface area contributed by atoms with Crippen LogP contribution in [0.5, 0.6) is 0 Å². The Balaban J connectivity index is 1.96. The molecule has 0 radical (unpaired) electrons. The first-order valence-corrected chi connectivity index (χ1v) is 9.50. The van der Waals surface area contributed by atoms with Crippen molar-refractivity contribution in [2.24, 2.45) is 0 Å². The summed E-state index contributed by atoms with van der Waals surface area (Å²) in [5.41, 5.74) is -0.636. The highest BCUT2D eigenvalue weighted by Crippen LogP contribution is 2.22. The van der Waals surface area contributed by atoms with Crippen molar-refractivity contribution < 1.29 is 14.7 Å². The summed E-state index contributed by atoms with van der Waals surface area (Å²) in [6.07, 6.45) is 1.14. The minimum atomic E-state index is -1.20. The Bertz CT molecular complexity index is 1050. The van der Waals surface area contributed by atoms with Gasteiger partial charge in [0.15, 0.2) is 0 Å². The molecule has 3 aromatic rings. The number of carbonyl (C=O) groups excluding carboxylic acids is 1. The van der Waals surface area contributed by atoms with Crippen molar-refractivity contribution in [3.63, 3.8) is 0 Å². The smallest absolute Gasteiger partial charge is 0.337 e. The minimum Gasteiger partial charge on any atom is -0.478 e. The van der Waals surface area contributed by atoms with Crippen LogP contribution in [0.4, 0.5) is 5.13 Å². The Kier molecular flexibility index (Phi) is 5.09. The molecule has 0 fully saturated rings. The molecule has 11 heteroatoms. The Hall–Kier alpha value is -2.66. The zero-order valence-corrected chi connectivity index (χ0v) is 15.6. The van der Waals surface area contributed by atoms with Crippen LogP contribution in [-0.2, 0) is 24.2 Å². The van der Waals surface area contributed by atoms with E-state index in [0.717, 1.165) is 16.3 Å². The first-order valence-electron chi connectivity index (χ1n) is 7.81. The van der Waals surface area contributed by atoms with Crippen molar-refractivity contribution >= 4 is 49.9 Å². The lowest BCUT2D eigenvalue weighted by molar-refractivity contribution is -0.116. The molecule has 0 aliphatic heterocycles. The number of carboxylic acid groups (broad SMARTS) is 1. The van der Waals surface area contributed by atoms with Crippen LogP contribution in [0.15, 0.2) is 10.2 Å². The predicted octanol–water partition coefficient (Wildman–Crippen LogP) is 1.77. The van der Waals surface area contributed by atoms with E-state index in [0.29, 0.717) is 28.6 Å². The topological polar surface area (TPSA) is 127 Å². The molecule has 0 aromatic carbocycles. The van der Waals surface area contributed by atoms with Gasteiger partial charge in [0.1, 0.15) is 22.2 Å². The van der Waals surface area contributed by atoms with E-state index < -0.39 is 17.4 Å². The number of thiophene rings is 1. The standard InChI is InChI=1S/C15H15N5O4S2/c1-3-8-16-12-11(7(6-25-12)14(23)24)13(22)20(8)5-9(21)17-15-19-18-10(4-2)26-15/h6H,3-5H2,1-2H3,(H,23,24)(H,17,19,21). The number of aromatic carboxylic acids is 1. The first kappa shape index (κ1) is 18.1. The number of carbonyl (C=O) groups is 2. The number of rotatable bonds is 6. The summed E-state index contributed by atoms with van der Waals surface area (Å²) in [7, 11) is 0. The van der Waals surface area contributed by atoms with Gasteiger partial charge in [-0.3, -0.25) is 19.5 Å². The van der Waals surface area contributed by atoms with Crippen LogP contribution < -0.4 is 10.9 Å². The van der Waals surface area contributed by atoms with Crippen LogP contribution >= 0.6 is 22.7 Å². The van der Waals surface area contributed by atoms with Gasteiger partial charge in [-0.15, -0.1) is 21.5 Å². The van der Waals surface area contributed by atoms with Gasteiger partial charge in [0.25, 0.3) is 5.56 Å². The Morgan fingerprint density at radius 2 is 2.04 bits per heavy atom. The van der Waals surface area contributed by atoms with Gasteiger partial charge < -0.3 is 5.11 Å². The number of nitrogens with zero attached hydrogens (tertiary/aromatic N) is 4. The molecule has 3 rings (SSSR count). The van der Waals surface area contributed by atoms with Crippen molar-refractivity contribution in [2.45, 2.75) is 33.2 Å². The average Bonchev–Trinajstić information content (AvgIpc) is 3.23. The molecule has 0 saturated heterocycles. The maximum Gasteiger partial charge on any atom is 0.337 e. The highest BCUT2D eigenvalue weighted by Gasteiger charge is 2.20. The molecule has 2 N–H and O–H groups in total. The number of aromatic nitrogens is 4. The molecule has 136 valence electrons. The van der Waals surface area contributed by atoms with Crippen LogP contribution in [0.3, 0.4) is 0 Å². The zero-order chi connectivity index (χ0) is 18.8. The van der Waals surface area contributed by atoms with Crippen LogP contribution in [0, 0.1) is 0 Å². The third-order valence-electron chi connectivity index (χ3n) is 3.64. The third-order valence-corrected chi connectivity index (χ3v) is 5.49. The van der Waals surface area contributed by atoms with Crippen LogP contribution in [0.25, 0.3) is 10.2 Å². The monoisotopic (exact) mass is 393 g/mol. The highest BCUT2D eigenvalue weighted by atomic mass is 32.1. The fraction of sp³-hybridized carbons (Fsp3) is 0.333. The molecule has 1 amide bonds. The lowest BCUT2D eigenvalue weighted by atomic mass is 10.2. The van der Waals surface area contributed by atoms with Crippen molar-refractivity contribution in [3.8, 4) is 0 Å². The third kappa shape index (κ3) is 3.35. The summed E-state index contributed by atoms with van der Waals surface area (Å²) >= 11 is 2.36. The van der Waals surface area contributed by atoms with Gasteiger partial charge >= 0.3 is 5.97 Å². The maximum absolute atomic E-state index is 12.8. The number of hydrogen-bond donors (Lipinski definition) is 2. The van der Waals surface area contributed by atoms with Gasteiger partial charge in [-0.05, 0) is 6.42 Å². The van der Waals surface area contributed by atoms with Crippen LogP contribution in [0.2, 0.25) is 0 Å². The fourth-order valence-electron chi connectivity index (χ4n) is 2.41. The number of anilines is 1. The van der Waals surface area contributed by atoms with E-state index in [1.807, 2.05) is 13.8 Å². The summed E-state index contributed by atoms with van der Waals surface area (Å²) in [6, 6.07) is 0. The SMILES string of the molecule is CCc1nnc(NC(=O)Cn2c(CC)nc3scc(C(=O)O)c3c2=O)s1. The van der Waals surface area contributed by atoms with Crippen molar-refractivity contribution in [1.82, 2.24) is 19.7 Å². The number of aryl methyl sites for hydroxylation is 2. The van der Waals surface area contributed by atoms with Gasteiger partial charge in [-0.25, -0.2) is 9.78 Å². The van der Waals surface area contributed by atoms with Crippen molar-refractivity contribution in [1.29, 1.82) is 0 Å². The molecule has 3 aromatic heterocycles. The molecule has 0 aliphatic carbocycles. The summed E-state index contributed by atoms with van der Waals surface area (Å²) in [5, 5.41) is 22.2. The number of amides is 1. The van der Waals surface area contributed by atoms with Gasteiger partial charge in [-0.2, -0.15) is 0 Å². The molecule has 0 atom stereocenters.